The van der Waals surface area contributed by atoms with E-state index in [-0.39, 0.29) is 4.90 Å². The summed E-state index contributed by atoms with van der Waals surface area (Å²) in [6.07, 6.45) is 1.00. The molecule has 7 nitrogen and oxygen atoms in total. The smallest absolute Gasteiger partial charge is 0.308 e. The van der Waals surface area contributed by atoms with Gasteiger partial charge in [0.25, 0.3) is 0 Å². The number of piperidine rings is 1. The highest BCUT2D eigenvalue weighted by Gasteiger charge is 2.40. The number of rotatable bonds is 5. The molecule has 2 atom stereocenters. The molecule has 1 aromatic rings. The summed E-state index contributed by atoms with van der Waals surface area (Å²) in [7, 11) is -0.912. The summed E-state index contributed by atoms with van der Waals surface area (Å²) < 4.78 is 37.9. The summed E-state index contributed by atoms with van der Waals surface area (Å²) in [5.41, 5.74) is 0.525. The maximum atomic E-state index is 13.1. The molecule has 1 aliphatic heterocycles. The average Bonchev–Trinajstić information content (AvgIpc) is 2.53. The van der Waals surface area contributed by atoms with E-state index in [4.69, 9.17) is 9.47 Å². The van der Waals surface area contributed by atoms with E-state index >= 15 is 0 Å². The Hall–Kier alpha value is -1.80. The van der Waals surface area contributed by atoms with Crippen molar-refractivity contribution in [3.8, 4) is 11.5 Å². The van der Waals surface area contributed by atoms with Gasteiger partial charge in [0.05, 0.1) is 25.0 Å². The van der Waals surface area contributed by atoms with Gasteiger partial charge in [-0.2, -0.15) is 4.31 Å². The number of sulfonamides is 1. The molecule has 0 radical (unpaired) electrons. The van der Waals surface area contributed by atoms with Crippen LogP contribution in [0.15, 0.2) is 17.0 Å². The minimum atomic E-state index is -3.83. The highest BCUT2D eigenvalue weighted by Crippen LogP contribution is 2.36. The van der Waals surface area contributed by atoms with Crippen LogP contribution >= 0.6 is 0 Å². The van der Waals surface area contributed by atoms with Crippen molar-refractivity contribution in [2.75, 3.05) is 20.8 Å². The van der Waals surface area contributed by atoms with Crippen molar-refractivity contribution in [1.82, 2.24) is 4.31 Å². The van der Waals surface area contributed by atoms with Crippen LogP contribution in [0.25, 0.3) is 0 Å². The molecule has 1 saturated heterocycles. The fourth-order valence-corrected chi connectivity index (χ4v) is 5.08. The largest absolute Gasteiger partial charge is 0.493 e. The Morgan fingerprint density at radius 3 is 2.38 bits per heavy atom. The van der Waals surface area contributed by atoms with E-state index in [0.29, 0.717) is 36.4 Å². The summed E-state index contributed by atoms with van der Waals surface area (Å²) in [6.45, 7) is 3.63. The fourth-order valence-electron chi connectivity index (χ4n) is 3.15. The quantitative estimate of drug-likeness (QED) is 0.865. The van der Waals surface area contributed by atoms with E-state index in [1.165, 1.54) is 24.6 Å². The zero-order chi connectivity index (χ0) is 18.1. The zero-order valence-electron chi connectivity index (χ0n) is 14.3. The molecule has 0 spiro atoms. The van der Waals surface area contributed by atoms with Crippen LogP contribution in [0.4, 0.5) is 0 Å². The minimum Gasteiger partial charge on any atom is -0.493 e. The fraction of sp³-hybridized carbons (Fsp3) is 0.562. The van der Waals surface area contributed by atoms with Gasteiger partial charge < -0.3 is 14.6 Å². The molecule has 2 rings (SSSR count). The third-order valence-corrected chi connectivity index (χ3v) is 6.64. The van der Waals surface area contributed by atoms with Crippen molar-refractivity contribution in [3.63, 3.8) is 0 Å². The third-order valence-electron chi connectivity index (χ3n) is 4.52. The van der Waals surface area contributed by atoms with Gasteiger partial charge in [0.15, 0.2) is 11.5 Å². The minimum absolute atomic E-state index is 0.109. The van der Waals surface area contributed by atoms with Crippen molar-refractivity contribution in [3.05, 3.63) is 17.7 Å². The summed E-state index contributed by atoms with van der Waals surface area (Å²) in [4.78, 5) is 11.5. The maximum Gasteiger partial charge on any atom is 0.308 e. The number of aliphatic carboxylic acids is 1. The van der Waals surface area contributed by atoms with Crippen molar-refractivity contribution in [1.29, 1.82) is 0 Å². The number of hydrogen-bond acceptors (Lipinski definition) is 5. The lowest BCUT2D eigenvalue weighted by Gasteiger charge is -2.36. The van der Waals surface area contributed by atoms with Crippen LogP contribution in [-0.4, -0.2) is 50.6 Å². The van der Waals surface area contributed by atoms with Gasteiger partial charge in [-0.05, 0) is 38.3 Å². The summed E-state index contributed by atoms with van der Waals surface area (Å²) >= 11 is 0. The Bertz CT molecular complexity index is 730. The first-order valence-corrected chi connectivity index (χ1v) is 9.15. The number of nitrogens with zero attached hydrogens (tertiary/aromatic N) is 1. The lowest BCUT2D eigenvalue weighted by molar-refractivity contribution is -0.144. The predicted octanol–water partition coefficient (Wildman–Crippen LogP) is 1.89. The maximum absolute atomic E-state index is 13.1. The Labute approximate surface area is 142 Å². The predicted molar refractivity (Wildman–Crippen MR) is 88.0 cm³/mol. The van der Waals surface area contributed by atoms with Gasteiger partial charge in [0.2, 0.25) is 10.0 Å². The number of carboxylic acid groups (broad SMARTS) is 1. The normalized spacial score (nSPS) is 22.2. The molecule has 0 saturated carbocycles. The molecule has 0 unspecified atom stereocenters. The summed E-state index contributed by atoms with van der Waals surface area (Å²) in [5, 5.41) is 9.31. The van der Waals surface area contributed by atoms with Gasteiger partial charge in [-0.25, -0.2) is 8.42 Å². The number of aryl methyl sites for hydroxylation is 1. The Morgan fingerprint density at radius 2 is 1.83 bits per heavy atom. The van der Waals surface area contributed by atoms with E-state index in [1.807, 2.05) is 0 Å². The third kappa shape index (κ3) is 3.21. The second-order valence-corrected chi connectivity index (χ2v) is 7.77. The molecule has 24 heavy (non-hydrogen) atoms. The van der Waals surface area contributed by atoms with Crippen LogP contribution in [0.1, 0.15) is 25.3 Å². The molecule has 1 N–H and O–H groups in total. The molecule has 1 fully saturated rings. The number of ether oxygens (including phenoxy) is 2. The number of hydrogen-bond donors (Lipinski definition) is 1. The summed E-state index contributed by atoms with van der Waals surface area (Å²) in [6, 6.07) is 2.43. The lowest BCUT2D eigenvalue weighted by atomic mass is 9.92. The first-order chi connectivity index (χ1) is 11.2. The van der Waals surface area contributed by atoms with Crippen LogP contribution in [-0.2, 0) is 14.8 Å². The van der Waals surface area contributed by atoms with Gasteiger partial charge in [-0.1, -0.05) is 0 Å². The topological polar surface area (TPSA) is 93.1 Å². The number of benzene rings is 1. The highest BCUT2D eigenvalue weighted by molar-refractivity contribution is 7.89. The molecule has 0 aliphatic carbocycles. The van der Waals surface area contributed by atoms with Gasteiger partial charge >= 0.3 is 5.97 Å². The number of methoxy groups -OCH3 is 2. The zero-order valence-corrected chi connectivity index (χ0v) is 15.1. The first-order valence-electron chi connectivity index (χ1n) is 7.71. The standard InChI is InChI=1S/C16H23NO6S/c1-10-8-13(22-3)14(23-4)9-15(10)24(20,21)17-7-5-6-12(11(17)2)16(18)19/h8-9,11-12H,5-7H2,1-4H3,(H,18,19)/t11-,12-/m0/s1. The monoisotopic (exact) mass is 357 g/mol. The molecule has 8 heteroatoms. The first kappa shape index (κ1) is 18.5. The van der Waals surface area contributed by atoms with Crippen LogP contribution in [0.2, 0.25) is 0 Å². The second kappa shape index (κ2) is 6.98. The van der Waals surface area contributed by atoms with Crippen molar-refractivity contribution >= 4 is 16.0 Å². The van der Waals surface area contributed by atoms with Gasteiger partial charge in [-0.15, -0.1) is 0 Å². The Balaban J connectivity index is 2.48. The van der Waals surface area contributed by atoms with Gasteiger partial charge in [0.1, 0.15) is 0 Å². The average molecular weight is 357 g/mol. The Kier molecular flexibility index (Phi) is 5.39. The molecule has 0 aromatic heterocycles. The van der Waals surface area contributed by atoms with Crippen molar-refractivity contribution in [2.45, 2.75) is 37.6 Å². The molecule has 134 valence electrons. The van der Waals surface area contributed by atoms with Crippen LogP contribution < -0.4 is 9.47 Å². The number of carboxylic acids is 1. The van der Waals surface area contributed by atoms with E-state index in [1.54, 1.807) is 19.9 Å². The summed E-state index contributed by atoms with van der Waals surface area (Å²) in [5.74, 6) is -0.898. The molecule has 1 aromatic carbocycles. The molecule has 1 aliphatic rings. The van der Waals surface area contributed by atoms with Crippen LogP contribution in [0.3, 0.4) is 0 Å². The second-order valence-electron chi connectivity index (χ2n) is 5.92. The van der Waals surface area contributed by atoms with E-state index < -0.39 is 28.0 Å². The number of carbonyl (C=O) groups is 1. The van der Waals surface area contributed by atoms with Crippen LogP contribution in [0, 0.1) is 12.8 Å². The highest BCUT2D eigenvalue weighted by atomic mass is 32.2. The van der Waals surface area contributed by atoms with E-state index in [0.717, 1.165) is 0 Å². The Morgan fingerprint density at radius 1 is 1.25 bits per heavy atom. The van der Waals surface area contributed by atoms with E-state index in [9.17, 15) is 18.3 Å². The molecule has 1 heterocycles. The van der Waals surface area contributed by atoms with Crippen LogP contribution in [0.5, 0.6) is 11.5 Å². The SMILES string of the molecule is COc1cc(C)c(S(=O)(=O)N2CCC[C@H](C(=O)O)[C@@H]2C)cc1OC. The van der Waals surface area contributed by atoms with Crippen molar-refractivity contribution in [2.24, 2.45) is 5.92 Å². The van der Waals surface area contributed by atoms with Gasteiger partial charge in [0, 0.05) is 18.7 Å². The molecular formula is C16H23NO6S. The van der Waals surface area contributed by atoms with Crippen molar-refractivity contribution < 1.29 is 27.8 Å². The van der Waals surface area contributed by atoms with Gasteiger partial charge in [-0.3, -0.25) is 4.79 Å². The molecule has 0 bridgehead atoms. The molecular weight excluding hydrogens is 334 g/mol. The lowest BCUT2D eigenvalue weighted by Crippen LogP contribution is -2.49. The van der Waals surface area contributed by atoms with E-state index in [2.05, 4.69) is 0 Å². The molecule has 0 amide bonds.